The Balaban J connectivity index is 1.75. The van der Waals surface area contributed by atoms with Crippen LogP contribution in [-0.2, 0) is 0 Å². The van der Waals surface area contributed by atoms with Crippen LogP contribution < -0.4 is 0 Å². The number of hydrogen-bond donors (Lipinski definition) is 1. The Morgan fingerprint density at radius 1 is 1.43 bits per heavy atom. The van der Waals surface area contributed by atoms with E-state index in [1.54, 1.807) is 18.2 Å². The van der Waals surface area contributed by atoms with Gasteiger partial charge in [0.2, 0.25) is 0 Å². The summed E-state index contributed by atoms with van der Waals surface area (Å²) in [4.78, 5) is 19.2. The van der Waals surface area contributed by atoms with Crippen LogP contribution in [0.5, 0.6) is 0 Å². The summed E-state index contributed by atoms with van der Waals surface area (Å²) in [5.41, 5.74) is 0.424. The summed E-state index contributed by atoms with van der Waals surface area (Å²) in [6.45, 7) is 1.56. The Morgan fingerprint density at radius 2 is 2.26 bits per heavy atom. The summed E-state index contributed by atoms with van der Waals surface area (Å²) in [5, 5.41) is 9.59. The van der Waals surface area contributed by atoms with Gasteiger partial charge in [-0.2, -0.15) is 0 Å². The topological polar surface area (TPSA) is 53.4 Å². The van der Waals surface area contributed by atoms with E-state index in [2.05, 4.69) is 4.98 Å². The molecule has 3 rings (SSSR count). The van der Waals surface area contributed by atoms with Crippen LogP contribution in [0.15, 0.2) is 30.5 Å². The summed E-state index contributed by atoms with van der Waals surface area (Å²) >= 11 is 1.22. The molecule has 1 amide bonds. The molecule has 1 aromatic carbocycles. The Morgan fingerprint density at radius 3 is 3.04 bits per heavy atom. The minimum atomic E-state index is -0.332. The molecule has 2 aromatic rings. The van der Waals surface area contributed by atoms with Gasteiger partial charge >= 0.3 is 0 Å². The van der Waals surface area contributed by atoms with Gasteiger partial charge in [-0.15, -0.1) is 11.3 Å². The molecular formula is C17H19FN2O2S. The van der Waals surface area contributed by atoms with E-state index in [-0.39, 0.29) is 18.3 Å². The third-order valence-electron chi connectivity index (χ3n) is 4.16. The second-order valence-electron chi connectivity index (χ2n) is 5.78. The maximum atomic E-state index is 13.8. The fraction of sp³-hybridized carbons (Fsp3) is 0.412. The van der Waals surface area contributed by atoms with Crippen molar-refractivity contribution in [1.29, 1.82) is 0 Å². The van der Waals surface area contributed by atoms with Crippen molar-refractivity contribution in [3.05, 3.63) is 41.2 Å². The van der Waals surface area contributed by atoms with Gasteiger partial charge in [0.05, 0.1) is 6.20 Å². The van der Waals surface area contributed by atoms with Gasteiger partial charge in [-0.05, 0) is 37.3 Å². The van der Waals surface area contributed by atoms with Gasteiger partial charge in [0.25, 0.3) is 5.91 Å². The summed E-state index contributed by atoms with van der Waals surface area (Å²) in [7, 11) is 0. The lowest BCUT2D eigenvalue weighted by molar-refractivity contribution is 0.0658. The van der Waals surface area contributed by atoms with Crippen LogP contribution in [-0.4, -0.2) is 40.6 Å². The first kappa shape index (κ1) is 16.1. The normalized spacial score (nSPS) is 18.2. The number of halogens is 1. The summed E-state index contributed by atoms with van der Waals surface area (Å²) in [6.07, 6.45) is 4.26. The molecule has 1 aliphatic heterocycles. The lowest BCUT2D eigenvalue weighted by Gasteiger charge is -2.32. The predicted octanol–water partition coefficient (Wildman–Crippen LogP) is 3.18. The maximum Gasteiger partial charge on any atom is 0.265 e. The third-order valence-corrected chi connectivity index (χ3v) is 5.18. The highest BCUT2D eigenvalue weighted by atomic mass is 32.1. The first-order valence-corrected chi connectivity index (χ1v) is 8.61. The molecule has 0 radical (unpaired) electrons. The van der Waals surface area contributed by atoms with Crippen molar-refractivity contribution in [3.63, 3.8) is 0 Å². The van der Waals surface area contributed by atoms with Crippen molar-refractivity contribution in [3.8, 4) is 10.6 Å². The van der Waals surface area contributed by atoms with E-state index in [1.165, 1.54) is 23.6 Å². The van der Waals surface area contributed by atoms with Crippen molar-refractivity contribution >= 4 is 17.2 Å². The smallest absolute Gasteiger partial charge is 0.265 e. The number of amides is 1. The maximum absolute atomic E-state index is 13.8. The number of aliphatic hydroxyl groups excluding tert-OH is 1. The average molecular weight is 334 g/mol. The number of aliphatic hydroxyl groups is 1. The van der Waals surface area contributed by atoms with Gasteiger partial charge < -0.3 is 10.0 Å². The molecule has 1 atom stereocenters. The van der Waals surface area contributed by atoms with Crippen molar-refractivity contribution in [1.82, 2.24) is 9.88 Å². The first-order chi connectivity index (χ1) is 11.2. The molecule has 2 heterocycles. The Labute approximate surface area is 138 Å². The second kappa shape index (κ2) is 7.19. The highest BCUT2D eigenvalue weighted by Crippen LogP contribution is 2.29. The molecule has 0 saturated carbocycles. The van der Waals surface area contributed by atoms with E-state index >= 15 is 0 Å². The van der Waals surface area contributed by atoms with Crippen LogP contribution in [0, 0.1) is 11.7 Å². The number of carbonyl (C=O) groups is 1. The molecule has 1 aromatic heterocycles. The highest BCUT2D eigenvalue weighted by Gasteiger charge is 2.25. The zero-order valence-electron chi connectivity index (χ0n) is 12.7. The van der Waals surface area contributed by atoms with Gasteiger partial charge in [-0.25, -0.2) is 9.37 Å². The van der Waals surface area contributed by atoms with Crippen molar-refractivity contribution < 1.29 is 14.3 Å². The summed E-state index contributed by atoms with van der Waals surface area (Å²) in [5.74, 6) is -0.0220. The quantitative estimate of drug-likeness (QED) is 0.934. The van der Waals surface area contributed by atoms with Gasteiger partial charge in [0, 0.05) is 25.3 Å². The molecule has 6 heteroatoms. The highest BCUT2D eigenvalue weighted by molar-refractivity contribution is 7.16. The molecule has 1 N–H and O–H groups in total. The lowest BCUT2D eigenvalue weighted by atomic mass is 9.95. The van der Waals surface area contributed by atoms with E-state index < -0.39 is 0 Å². The van der Waals surface area contributed by atoms with Crippen LogP contribution in [0.3, 0.4) is 0 Å². The molecule has 1 saturated heterocycles. The first-order valence-electron chi connectivity index (χ1n) is 7.80. The molecule has 1 aliphatic rings. The molecule has 0 aliphatic carbocycles. The van der Waals surface area contributed by atoms with Crippen LogP contribution in [0.2, 0.25) is 0 Å². The largest absolute Gasteiger partial charge is 0.396 e. The monoisotopic (exact) mass is 334 g/mol. The van der Waals surface area contributed by atoms with Gasteiger partial charge in [-0.3, -0.25) is 4.79 Å². The zero-order valence-corrected chi connectivity index (χ0v) is 13.6. The molecule has 23 heavy (non-hydrogen) atoms. The van der Waals surface area contributed by atoms with Crippen molar-refractivity contribution in [2.45, 2.75) is 19.3 Å². The average Bonchev–Trinajstić information content (AvgIpc) is 3.05. The molecule has 0 bridgehead atoms. The predicted molar refractivity (Wildman–Crippen MR) is 87.8 cm³/mol. The summed E-state index contributed by atoms with van der Waals surface area (Å²) in [6, 6.07) is 6.45. The Hall–Kier alpha value is -1.79. The SMILES string of the molecule is O=C(c1cnc(-c2ccccc2F)s1)N1CCC[C@@H](CCO)C1. The molecule has 1 fully saturated rings. The fourth-order valence-corrected chi connectivity index (χ4v) is 3.87. The minimum Gasteiger partial charge on any atom is -0.396 e. The van der Waals surface area contributed by atoms with Crippen molar-refractivity contribution in [2.24, 2.45) is 5.92 Å². The van der Waals surface area contributed by atoms with Crippen LogP contribution in [0.25, 0.3) is 10.6 Å². The van der Waals surface area contributed by atoms with E-state index in [0.29, 0.717) is 27.9 Å². The fourth-order valence-electron chi connectivity index (χ4n) is 2.96. The summed E-state index contributed by atoms with van der Waals surface area (Å²) < 4.78 is 13.8. The molecule has 4 nitrogen and oxygen atoms in total. The Kier molecular flexibility index (Phi) is 5.03. The van der Waals surface area contributed by atoms with E-state index in [1.807, 2.05) is 4.90 Å². The van der Waals surface area contributed by atoms with E-state index in [0.717, 1.165) is 25.8 Å². The van der Waals surface area contributed by atoms with Crippen molar-refractivity contribution in [2.75, 3.05) is 19.7 Å². The van der Waals surface area contributed by atoms with Gasteiger partial charge in [0.15, 0.2) is 0 Å². The molecule has 0 unspecified atom stereocenters. The molecule has 122 valence electrons. The number of nitrogens with zero attached hydrogens (tertiary/aromatic N) is 2. The number of hydrogen-bond acceptors (Lipinski definition) is 4. The van der Waals surface area contributed by atoms with Crippen LogP contribution in [0.1, 0.15) is 28.9 Å². The number of carbonyl (C=O) groups excluding carboxylic acids is 1. The van der Waals surface area contributed by atoms with Crippen LogP contribution >= 0.6 is 11.3 Å². The number of likely N-dealkylation sites (tertiary alicyclic amines) is 1. The standard InChI is InChI=1S/C17H19FN2O2S/c18-14-6-2-1-5-13(14)16-19-10-15(23-16)17(22)20-8-3-4-12(11-20)7-9-21/h1-2,5-6,10,12,21H,3-4,7-9,11H2/t12-/m0/s1. The van der Waals surface area contributed by atoms with E-state index in [4.69, 9.17) is 5.11 Å². The van der Waals surface area contributed by atoms with Gasteiger partial charge in [-0.1, -0.05) is 12.1 Å². The lowest BCUT2D eigenvalue weighted by Crippen LogP contribution is -2.39. The molecular weight excluding hydrogens is 315 g/mol. The number of aromatic nitrogens is 1. The van der Waals surface area contributed by atoms with Crippen LogP contribution in [0.4, 0.5) is 4.39 Å². The van der Waals surface area contributed by atoms with Gasteiger partial charge in [0.1, 0.15) is 15.7 Å². The third kappa shape index (κ3) is 3.59. The second-order valence-corrected chi connectivity index (χ2v) is 6.81. The number of thiazole rings is 1. The van der Waals surface area contributed by atoms with E-state index in [9.17, 15) is 9.18 Å². The zero-order chi connectivity index (χ0) is 16.2. The minimum absolute atomic E-state index is 0.0484. The molecule has 0 spiro atoms. The number of piperidine rings is 1. The Bertz CT molecular complexity index is 687. The number of benzene rings is 1. The number of rotatable bonds is 4.